The van der Waals surface area contributed by atoms with Crippen molar-refractivity contribution >= 4 is 5.69 Å². The predicted molar refractivity (Wildman–Crippen MR) is 75.8 cm³/mol. The summed E-state index contributed by atoms with van der Waals surface area (Å²) >= 11 is 0. The second kappa shape index (κ2) is 6.16. The standard InChI is InChI=1S/C14H24N4/c1-4-18-8-7-17(10-12(18)2)11-14-9-13(15-3)5-6-16-14/h5-6,9,12H,4,7-8,10-11H2,1-3H3,(H,15,16). The molecule has 0 bridgehead atoms. The summed E-state index contributed by atoms with van der Waals surface area (Å²) in [7, 11) is 1.95. The highest BCUT2D eigenvalue weighted by molar-refractivity contribution is 5.42. The minimum absolute atomic E-state index is 0.649. The number of nitrogens with zero attached hydrogens (tertiary/aromatic N) is 3. The first-order valence-electron chi connectivity index (χ1n) is 6.82. The zero-order valence-electron chi connectivity index (χ0n) is 11.7. The number of aromatic nitrogens is 1. The fourth-order valence-corrected chi connectivity index (χ4v) is 2.63. The Balaban J connectivity index is 1.93. The van der Waals surface area contributed by atoms with Crippen molar-refractivity contribution in [1.82, 2.24) is 14.8 Å². The lowest BCUT2D eigenvalue weighted by Crippen LogP contribution is -2.51. The molecule has 4 nitrogen and oxygen atoms in total. The summed E-state index contributed by atoms with van der Waals surface area (Å²) in [6, 6.07) is 4.79. The first-order chi connectivity index (χ1) is 8.72. The van der Waals surface area contributed by atoms with Crippen molar-refractivity contribution in [2.45, 2.75) is 26.4 Å². The summed E-state index contributed by atoms with van der Waals surface area (Å²) < 4.78 is 0. The van der Waals surface area contributed by atoms with Crippen LogP contribution in [0.1, 0.15) is 19.5 Å². The van der Waals surface area contributed by atoms with Gasteiger partial charge >= 0.3 is 0 Å². The van der Waals surface area contributed by atoms with Crippen LogP contribution in [0.3, 0.4) is 0 Å². The number of nitrogens with one attached hydrogen (secondary N) is 1. The van der Waals surface area contributed by atoms with Crippen molar-refractivity contribution < 1.29 is 0 Å². The van der Waals surface area contributed by atoms with E-state index in [1.54, 1.807) is 0 Å². The van der Waals surface area contributed by atoms with Gasteiger partial charge in [0.05, 0.1) is 5.69 Å². The van der Waals surface area contributed by atoms with Crippen LogP contribution in [-0.4, -0.2) is 54.1 Å². The van der Waals surface area contributed by atoms with Gasteiger partial charge in [-0.25, -0.2) is 0 Å². The van der Waals surface area contributed by atoms with Crippen molar-refractivity contribution in [2.75, 3.05) is 38.5 Å². The highest BCUT2D eigenvalue weighted by Crippen LogP contribution is 2.13. The fourth-order valence-electron chi connectivity index (χ4n) is 2.63. The summed E-state index contributed by atoms with van der Waals surface area (Å²) in [6.07, 6.45) is 1.88. The van der Waals surface area contributed by atoms with E-state index in [2.05, 4.69) is 40.0 Å². The number of hydrogen-bond donors (Lipinski definition) is 1. The molecule has 18 heavy (non-hydrogen) atoms. The molecule has 0 saturated carbocycles. The van der Waals surface area contributed by atoms with E-state index in [1.165, 1.54) is 6.54 Å². The summed E-state index contributed by atoms with van der Waals surface area (Å²) in [5.41, 5.74) is 2.29. The van der Waals surface area contributed by atoms with Gasteiger partial charge in [0.15, 0.2) is 0 Å². The van der Waals surface area contributed by atoms with Crippen molar-refractivity contribution in [3.8, 4) is 0 Å². The number of hydrogen-bond acceptors (Lipinski definition) is 4. The molecule has 100 valence electrons. The van der Waals surface area contributed by atoms with Gasteiger partial charge in [-0.15, -0.1) is 0 Å². The Morgan fingerprint density at radius 1 is 1.44 bits per heavy atom. The van der Waals surface area contributed by atoms with Crippen LogP contribution in [0, 0.1) is 0 Å². The molecular formula is C14H24N4. The molecule has 1 aliphatic rings. The third-order valence-corrected chi connectivity index (χ3v) is 3.75. The van der Waals surface area contributed by atoms with Crippen LogP contribution < -0.4 is 5.32 Å². The average molecular weight is 248 g/mol. The largest absolute Gasteiger partial charge is 0.388 e. The topological polar surface area (TPSA) is 31.4 Å². The SMILES string of the molecule is CCN1CCN(Cc2cc(NC)ccn2)CC1C. The molecule has 0 aromatic carbocycles. The molecule has 4 heteroatoms. The molecule has 2 heterocycles. The van der Waals surface area contributed by atoms with Crippen LogP contribution in [0.2, 0.25) is 0 Å². The summed E-state index contributed by atoms with van der Waals surface area (Å²) in [5, 5.41) is 3.16. The van der Waals surface area contributed by atoms with Crippen LogP contribution in [0.25, 0.3) is 0 Å². The van der Waals surface area contributed by atoms with Crippen LogP contribution in [0.5, 0.6) is 0 Å². The lowest BCUT2D eigenvalue weighted by Gasteiger charge is -2.39. The smallest absolute Gasteiger partial charge is 0.0564 e. The van der Waals surface area contributed by atoms with Crippen LogP contribution in [0.15, 0.2) is 18.3 Å². The summed E-state index contributed by atoms with van der Waals surface area (Å²) in [4.78, 5) is 9.48. The average Bonchev–Trinajstić information content (AvgIpc) is 2.39. The maximum absolute atomic E-state index is 4.45. The maximum Gasteiger partial charge on any atom is 0.0564 e. The first-order valence-corrected chi connectivity index (χ1v) is 6.82. The molecular weight excluding hydrogens is 224 g/mol. The van der Waals surface area contributed by atoms with Crippen LogP contribution in [-0.2, 0) is 6.54 Å². The van der Waals surface area contributed by atoms with E-state index in [0.717, 1.165) is 37.6 Å². The maximum atomic E-state index is 4.45. The Morgan fingerprint density at radius 3 is 2.94 bits per heavy atom. The monoisotopic (exact) mass is 248 g/mol. The van der Waals surface area contributed by atoms with Crippen molar-refractivity contribution in [1.29, 1.82) is 0 Å². The quantitative estimate of drug-likeness (QED) is 0.878. The molecule has 2 rings (SSSR count). The molecule has 1 fully saturated rings. The Morgan fingerprint density at radius 2 is 2.28 bits per heavy atom. The van der Waals surface area contributed by atoms with E-state index in [0.29, 0.717) is 6.04 Å². The van der Waals surface area contributed by atoms with Gasteiger partial charge in [0.25, 0.3) is 0 Å². The molecule has 1 aliphatic heterocycles. The molecule has 0 radical (unpaired) electrons. The zero-order valence-corrected chi connectivity index (χ0v) is 11.7. The van der Waals surface area contributed by atoms with Gasteiger partial charge in [-0.05, 0) is 25.6 Å². The van der Waals surface area contributed by atoms with Gasteiger partial charge in [0.2, 0.25) is 0 Å². The van der Waals surface area contributed by atoms with Gasteiger partial charge in [0, 0.05) is 51.2 Å². The number of rotatable bonds is 4. The number of anilines is 1. The van der Waals surface area contributed by atoms with E-state index in [-0.39, 0.29) is 0 Å². The van der Waals surface area contributed by atoms with E-state index < -0.39 is 0 Å². The van der Waals surface area contributed by atoms with Gasteiger partial charge < -0.3 is 5.32 Å². The minimum atomic E-state index is 0.649. The fraction of sp³-hybridized carbons (Fsp3) is 0.643. The minimum Gasteiger partial charge on any atom is -0.388 e. The molecule has 1 aromatic heterocycles. The summed E-state index contributed by atoms with van der Waals surface area (Å²) in [5.74, 6) is 0. The summed E-state index contributed by atoms with van der Waals surface area (Å²) in [6.45, 7) is 10.1. The van der Waals surface area contributed by atoms with Crippen LogP contribution >= 0.6 is 0 Å². The van der Waals surface area contributed by atoms with E-state index in [9.17, 15) is 0 Å². The predicted octanol–water partition coefficient (Wildman–Crippen LogP) is 1.65. The molecule has 0 aliphatic carbocycles. The Bertz CT molecular complexity index is 380. The molecule has 1 saturated heterocycles. The van der Waals surface area contributed by atoms with Crippen molar-refractivity contribution in [3.05, 3.63) is 24.0 Å². The van der Waals surface area contributed by atoms with Gasteiger partial charge in [0.1, 0.15) is 0 Å². The Hall–Kier alpha value is -1.13. The van der Waals surface area contributed by atoms with Gasteiger partial charge in [-0.3, -0.25) is 14.8 Å². The first kappa shape index (κ1) is 13.3. The normalized spacial score (nSPS) is 22.1. The highest BCUT2D eigenvalue weighted by atomic mass is 15.3. The third-order valence-electron chi connectivity index (χ3n) is 3.75. The van der Waals surface area contributed by atoms with Crippen molar-refractivity contribution in [3.63, 3.8) is 0 Å². The van der Waals surface area contributed by atoms with Gasteiger partial charge in [-0.2, -0.15) is 0 Å². The van der Waals surface area contributed by atoms with E-state index >= 15 is 0 Å². The Kier molecular flexibility index (Phi) is 4.55. The second-order valence-corrected chi connectivity index (χ2v) is 5.00. The number of pyridine rings is 1. The lowest BCUT2D eigenvalue weighted by molar-refractivity contribution is 0.0827. The Labute approximate surface area is 110 Å². The third kappa shape index (κ3) is 3.21. The molecule has 1 aromatic rings. The lowest BCUT2D eigenvalue weighted by atomic mass is 10.2. The second-order valence-electron chi connectivity index (χ2n) is 5.00. The molecule has 0 spiro atoms. The molecule has 0 amide bonds. The zero-order chi connectivity index (χ0) is 13.0. The molecule has 1 N–H and O–H groups in total. The van der Waals surface area contributed by atoms with E-state index in [1.807, 2.05) is 19.3 Å². The van der Waals surface area contributed by atoms with Crippen LogP contribution in [0.4, 0.5) is 5.69 Å². The molecule has 1 atom stereocenters. The number of piperazine rings is 1. The molecule has 1 unspecified atom stereocenters. The van der Waals surface area contributed by atoms with E-state index in [4.69, 9.17) is 0 Å². The van der Waals surface area contributed by atoms with Crippen molar-refractivity contribution in [2.24, 2.45) is 0 Å². The van der Waals surface area contributed by atoms with Gasteiger partial charge in [-0.1, -0.05) is 6.92 Å². The highest BCUT2D eigenvalue weighted by Gasteiger charge is 2.22. The number of likely N-dealkylation sites (N-methyl/N-ethyl adjacent to an activating group) is 1.